The molecule has 0 fully saturated rings. The molecular weight excluding hydrogens is 535 g/mol. The summed E-state index contributed by atoms with van der Waals surface area (Å²) in [6.45, 7) is -0.351. The Bertz CT molecular complexity index is 1570. The fourth-order valence-corrected chi connectivity index (χ4v) is 4.06. The largest absolute Gasteiger partial charge is 0.416 e. The van der Waals surface area contributed by atoms with E-state index in [1.807, 2.05) is 0 Å². The molecule has 4 rings (SSSR count). The first-order chi connectivity index (χ1) is 17.8. The van der Waals surface area contributed by atoms with Crippen LogP contribution in [-0.2, 0) is 30.2 Å². The molecule has 0 saturated heterocycles. The van der Waals surface area contributed by atoms with Crippen LogP contribution in [0.3, 0.4) is 0 Å². The summed E-state index contributed by atoms with van der Waals surface area (Å²) in [7, 11) is 0. The molecule has 1 heterocycles. The highest BCUT2D eigenvalue weighted by Crippen LogP contribution is 2.38. The van der Waals surface area contributed by atoms with Gasteiger partial charge in [-0.15, -0.1) is 0 Å². The topological polar surface area (TPSA) is 49.8 Å². The number of aromatic amines is 1. The van der Waals surface area contributed by atoms with E-state index < -0.39 is 41.7 Å². The Morgan fingerprint density at radius 2 is 1.66 bits per heavy atom. The molecular formula is C26H18F7N3OS. The van der Waals surface area contributed by atoms with E-state index in [0.29, 0.717) is 28.2 Å². The summed E-state index contributed by atoms with van der Waals surface area (Å²) in [5, 5.41) is 2.67. The maximum atomic E-state index is 13.6. The number of carbonyl (C=O) groups is 1. The molecule has 0 radical (unpaired) electrons. The molecule has 3 aromatic carbocycles. The van der Waals surface area contributed by atoms with E-state index in [9.17, 15) is 35.5 Å². The average Bonchev–Trinajstić information content (AvgIpc) is 3.15. The number of hydrogen-bond acceptors (Lipinski definition) is 2. The maximum absolute atomic E-state index is 13.6. The number of imidazole rings is 1. The van der Waals surface area contributed by atoms with Gasteiger partial charge in [-0.05, 0) is 71.4 Å². The van der Waals surface area contributed by atoms with Gasteiger partial charge in [0.1, 0.15) is 5.82 Å². The van der Waals surface area contributed by atoms with E-state index in [1.54, 1.807) is 18.2 Å². The van der Waals surface area contributed by atoms with E-state index in [1.165, 1.54) is 41.0 Å². The van der Waals surface area contributed by atoms with Gasteiger partial charge in [-0.2, -0.15) is 26.3 Å². The summed E-state index contributed by atoms with van der Waals surface area (Å²) in [5.41, 5.74) is -1.05. The zero-order valence-electron chi connectivity index (χ0n) is 19.3. The Morgan fingerprint density at radius 3 is 2.32 bits per heavy atom. The first-order valence-electron chi connectivity index (χ1n) is 11.0. The third kappa shape index (κ3) is 6.31. The molecule has 1 amide bonds. The normalized spacial score (nSPS) is 12.4. The van der Waals surface area contributed by atoms with Crippen LogP contribution in [-0.4, -0.2) is 15.5 Å². The summed E-state index contributed by atoms with van der Waals surface area (Å²) in [5.74, 6) is -0.834. The lowest BCUT2D eigenvalue weighted by Gasteiger charge is -2.16. The molecule has 0 bridgehead atoms. The molecule has 12 heteroatoms. The zero-order valence-corrected chi connectivity index (χ0v) is 20.1. The second kappa shape index (κ2) is 10.4. The number of aromatic nitrogens is 2. The molecule has 0 aliphatic rings. The van der Waals surface area contributed by atoms with Gasteiger partial charge < -0.3 is 14.9 Å². The van der Waals surface area contributed by atoms with Gasteiger partial charge in [0.05, 0.1) is 28.7 Å². The number of amides is 1. The predicted octanol–water partition coefficient (Wildman–Crippen LogP) is 7.25. The minimum atomic E-state index is -5.01. The number of benzene rings is 3. The molecule has 4 aromatic rings. The first kappa shape index (κ1) is 27.1. The lowest BCUT2D eigenvalue weighted by molar-refractivity contribution is -0.143. The number of carbonyl (C=O) groups excluding carboxylic acids is 1. The van der Waals surface area contributed by atoms with E-state index in [-0.39, 0.29) is 22.9 Å². The summed E-state index contributed by atoms with van der Waals surface area (Å²) in [6, 6.07) is 11.9. The van der Waals surface area contributed by atoms with Crippen LogP contribution in [0.25, 0.3) is 17.1 Å². The third-order valence-corrected chi connectivity index (χ3v) is 6.00. The van der Waals surface area contributed by atoms with Crippen molar-refractivity contribution in [1.29, 1.82) is 0 Å². The van der Waals surface area contributed by atoms with Gasteiger partial charge >= 0.3 is 12.4 Å². The van der Waals surface area contributed by atoms with Crippen molar-refractivity contribution in [2.24, 2.45) is 0 Å². The number of halogens is 7. The van der Waals surface area contributed by atoms with Crippen LogP contribution in [0.15, 0.2) is 66.7 Å². The van der Waals surface area contributed by atoms with Gasteiger partial charge in [0.25, 0.3) is 0 Å². The van der Waals surface area contributed by atoms with Crippen LogP contribution in [0.5, 0.6) is 0 Å². The number of H-pyrrole nitrogens is 1. The molecule has 0 aliphatic carbocycles. The molecule has 0 atom stereocenters. The molecule has 4 nitrogen and oxygen atoms in total. The van der Waals surface area contributed by atoms with E-state index in [0.717, 1.165) is 6.07 Å². The Morgan fingerprint density at radius 1 is 0.947 bits per heavy atom. The number of fused-ring (bicyclic) bond motifs is 1. The Kier molecular flexibility index (Phi) is 7.45. The zero-order chi connectivity index (χ0) is 27.7. The number of nitrogens with one attached hydrogen (secondary N) is 2. The second-order valence-corrected chi connectivity index (χ2v) is 8.72. The van der Waals surface area contributed by atoms with Crippen LogP contribution in [0.4, 0.5) is 30.7 Å². The van der Waals surface area contributed by atoms with Gasteiger partial charge in [-0.1, -0.05) is 24.3 Å². The van der Waals surface area contributed by atoms with Crippen molar-refractivity contribution in [2.75, 3.05) is 0 Å². The van der Waals surface area contributed by atoms with E-state index in [4.69, 9.17) is 12.2 Å². The maximum Gasteiger partial charge on any atom is 0.416 e. The van der Waals surface area contributed by atoms with Crippen molar-refractivity contribution in [1.82, 2.24) is 14.9 Å². The highest BCUT2D eigenvalue weighted by molar-refractivity contribution is 7.71. The Balaban J connectivity index is 1.57. The summed E-state index contributed by atoms with van der Waals surface area (Å²) in [6.07, 6.45) is -7.17. The number of alkyl halides is 6. The van der Waals surface area contributed by atoms with Crippen molar-refractivity contribution in [3.63, 3.8) is 0 Å². The Hall–Kier alpha value is -3.93. The van der Waals surface area contributed by atoms with E-state index in [2.05, 4.69) is 10.3 Å². The fraction of sp³-hybridized carbons (Fsp3) is 0.154. The third-order valence-electron chi connectivity index (χ3n) is 5.67. The first-order valence-corrected chi connectivity index (χ1v) is 11.4. The summed E-state index contributed by atoms with van der Waals surface area (Å²) < 4.78 is 94.3. The smallest absolute Gasteiger partial charge is 0.348 e. The molecule has 198 valence electrons. The minimum absolute atomic E-state index is 0.0779. The highest BCUT2D eigenvalue weighted by Gasteiger charge is 2.38. The van der Waals surface area contributed by atoms with Gasteiger partial charge in [0.2, 0.25) is 5.91 Å². The molecule has 0 unspecified atom stereocenters. The molecule has 1 aromatic heterocycles. The van der Waals surface area contributed by atoms with Crippen molar-refractivity contribution < 1.29 is 35.5 Å². The van der Waals surface area contributed by atoms with Crippen molar-refractivity contribution >= 4 is 35.2 Å². The molecule has 0 spiro atoms. The number of hydrogen-bond donors (Lipinski definition) is 2. The standard InChI is InChI=1S/C26H18F7N3OS/c27-19-7-1-15(2-8-19)4-10-23(37)34-13-16-3-9-21-22(11-16)36(24(38)35-21)14-17-5-6-18(25(28,29)30)12-20(17)26(31,32)33/h1-12H,13-14H2,(H,34,37)(H,35,38)/b10-4+. The lowest BCUT2D eigenvalue weighted by Crippen LogP contribution is -2.20. The monoisotopic (exact) mass is 553 g/mol. The SMILES string of the molecule is O=C(/C=C/c1ccc(F)cc1)NCc1ccc2[nH]c(=S)n(Cc3ccc(C(F)(F)F)cc3C(F)(F)F)c2c1. The van der Waals surface area contributed by atoms with Gasteiger partial charge in [0.15, 0.2) is 4.77 Å². The minimum Gasteiger partial charge on any atom is -0.348 e. The van der Waals surface area contributed by atoms with Crippen LogP contribution < -0.4 is 5.32 Å². The van der Waals surface area contributed by atoms with Crippen LogP contribution >= 0.6 is 12.2 Å². The van der Waals surface area contributed by atoms with E-state index >= 15 is 0 Å². The second-order valence-electron chi connectivity index (χ2n) is 8.34. The fourth-order valence-electron chi connectivity index (χ4n) is 3.78. The molecule has 0 saturated carbocycles. The number of rotatable bonds is 6. The quantitative estimate of drug-likeness (QED) is 0.150. The van der Waals surface area contributed by atoms with Gasteiger partial charge in [-0.3, -0.25) is 4.79 Å². The molecule has 0 aliphatic heterocycles. The van der Waals surface area contributed by atoms with Crippen LogP contribution in [0, 0.1) is 10.6 Å². The number of nitrogens with zero attached hydrogens (tertiary/aromatic N) is 1. The van der Waals surface area contributed by atoms with Crippen molar-refractivity contribution in [3.8, 4) is 0 Å². The summed E-state index contributed by atoms with van der Waals surface area (Å²) >= 11 is 5.26. The van der Waals surface area contributed by atoms with Crippen LogP contribution in [0.1, 0.15) is 27.8 Å². The molecule has 38 heavy (non-hydrogen) atoms. The van der Waals surface area contributed by atoms with Gasteiger partial charge in [0, 0.05) is 12.6 Å². The van der Waals surface area contributed by atoms with Crippen molar-refractivity contribution in [3.05, 3.63) is 105 Å². The van der Waals surface area contributed by atoms with Gasteiger partial charge in [-0.25, -0.2) is 4.39 Å². The van der Waals surface area contributed by atoms with Crippen LogP contribution in [0.2, 0.25) is 0 Å². The molecule has 2 N–H and O–H groups in total. The predicted molar refractivity (Wildman–Crippen MR) is 130 cm³/mol. The van der Waals surface area contributed by atoms with Crippen molar-refractivity contribution in [2.45, 2.75) is 25.4 Å². The highest BCUT2D eigenvalue weighted by atomic mass is 32.1. The summed E-state index contributed by atoms with van der Waals surface area (Å²) in [4.78, 5) is 15.0. The lowest BCUT2D eigenvalue weighted by atomic mass is 10.0. The average molecular weight is 554 g/mol. The Labute approximate surface area is 216 Å².